The molecule has 3 aromatic rings. The smallest absolute Gasteiger partial charge is 0.251 e. The molecular weight excluding hydrogens is 492 g/mol. The SMILES string of the molecule is CCCOCC.CNC(=O)c1cccc(-c2ccc3c(N)nc(N4CCOC5(C4)CS(=O)C5)nc3n2)c1. The zero-order valence-electron chi connectivity index (χ0n) is 21.5. The van der Waals surface area contributed by atoms with Crippen molar-refractivity contribution in [2.45, 2.75) is 25.9 Å². The average molecular weight is 527 g/mol. The molecule has 0 atom stereocenters. The Bertz CT molecular complexity index is 1280. The Morgan fingerprint density at radius 2 is 2.03 bits per heavy atom. The number of pyridine rings is 1. The maximum atomic E-state index is 12.0. The summed E-state index contributed by atoms with van der Waals surface area (Å²) in [4.78, 5) is 27.9. The van der Waals surface area contributed by atoms with Gasteiger partial charge in [-0.3, -0.25) is 9.00 Å². The molecule has 2 saturated heterocycles. The van der Waals surface area contributed by atoms with Gasteiger partial charge in [0.2, 0.25) is 5.95 Å². The largest absolute Gasteiger partial charge is 0.383 e. The maximum Gasteiger partial charge on any atom is 0.251 e. The summed E-state index contributed by atoms with van der Waals surface area (Å²) in [6.45, 7) is 7.62. The van der Waals surface area contributed by atoms with E-state index in [1.807, 2.05) is 36.1 Å². The number of rotatable bonds is 6. The van der Waals surface area contributed by atoms with Crippen LogP contribution in [0.15, 0.2) is 36.4 Å². The van der Waals surface area contributed by atoms with Crippen LogP contribution in [0.4, 0.5) is 11.8 Å². The van der Waals surface area contributed by atoms with Gasteiger partial charge in [0, 0.05) is 48.7 Å². The van der Waals surface area contributed by atoms with Crippen LogP contribution in [-0.2, 0) is 20.3 Å². The number of ether oxygens (including phenoxy) is 2. The number of carbonyl (C=O) groups is 1. The molecule has 0 radical (unpaired) electrons. The second-order valence-corrected chi connectivity index (χ2v) is 10.5. The fourth-order valence-corrected chi connectivity index (χ4v) is 5.75. The second-order valence-electron chi connectivity index (χ2n) is 9.01. The van der Waals surface area contributed by atoms with Crippen LogP contribution in [0, 0.1) is 0 Å². The van der Waals surface area contributed by atoms with Crippen LogP contribution in [-0.4, -0.2) is 82.1 Å². The van der Waals surface area contributed by atoms with Gasteiger partial charge >= 0.3 is 0 Å². The van der Waals surface area contributed by atoms with Crippen molar-refractivity contribution >= 4 is 39.5 Å². The number of aromatic nitrogens is 3. The highest BCUT2D eigenvalue weighted by molar-refractivity contribution is 7.86. The predicted octanol–water partition coefficient (Wildman–Crippen LogP) is 2.40. The van der Waals surface area contributed by atoms with E-state index < -0.39 is 10.8 Å². The van der Waals surface area contributed by atoms with Gasteiger partial charge in [-0.25, -0.2) is 4.98 Å². The standard InChI is InChI=1S/C21H22N6O3S.C5H12O/c1-23-19(28)14-4-2-3-13(9-14)16-6-5-15-17(22)25-20(26-18(15)24-16)27-7-8-30-21(10-27)11-31(29)12-21;1-3-5-6-4-2/h2-6,9H,7-8,10-12H2,1H3,(H,23,28)(H2,22,24,25,26);3-5H2,1-2H3. The quantitative estimate of drug-likeness (QED) is 0.465. The number of hydrogen-bond acceptors (Lipinski definition) is 9. The molecule has 0 aliphatic carbocycles. The van der Waals surface area contributed by atoms with Gasteiger partial charge in [-0.2, -0.15) is 9.97 Å². The monoisotopic (exact) mass is 526 g/mol. The number of carbonyl (C=O) groups excluding carboxylic acids is 1. The molecule has 2 aliphatic heterocycles. The van der Waals surface area contributed by atoms with E-state index in [9.17, 15) is 9.00 Å². The third kappa shape index (κ3) is 6.23. The highest BCUT2D eigenvalue weighted by atomic mass is 32.2. The molecule has 37 heavy (non-hydrogen) atoms. The fraction of sp³-hybridized carbons (Fsp3) is 0.462. The van der Waals surface area contributed by atoms with Crippen molar-refractivity contribution in [2.75, 3.05) is 62.1 Å². The van der Waals surface area contributed by atoms with Crippen molar-refractivity contribution < 1.29 is 18.5 Å². The molecule has 3 N–H and O–H groups in total. The number of amides is 1. The van der Waals surface area contributed by atoms with E-state index in [0.717, 1.165) is 25.2 Å². The van der Waals surface area contributed by atoms with E-state index in [1.165, 1.54) is 0 Å². The Kier molecular flexibility index (Phi) is 8.67. The molecule has 2 fully saturated rings. The van der Waals surface area contributed by atoms with E-state index in [0.29, 0.717) is 65.3 Å². The summed E-state index contributed by atoms with van der Waals surface area (Å²) in [5.41, 5.74) is 8.38. The first-order valence-corrected chi connectivity index (χ1v) is 13.9. The number of nitrogens with zero attached hydrogens (tertiary/aromatic N) is 4. The highest BCUT2D eigenvalue weighted by Gasteiger charge is 2.47. The number of nitrogens with one attached hydrogen (secondary N) is 1. The van der Waals surface area contributed by atoms with Crippen molar-refractivity contribution in [3.05, 3.63) is 42.0 Å². The summed E-state index contributed by atoms with van der Waals surface area (Å²) in [6, 6.07) is 11.0. The summed E-state index contributed by atoms with van der Waals surface area (Å²) in [5.74, 6) is 1.77. The third-order valence-electron chi connectivity index (χ3n) is 6.16. The highest BCUT2D eigenvalue weighted by Crippen LogP contribution is 2.31. The van der Waals surface area contributed by atoms with Crippen LogP contribution in [0.3, 0.4) is 0 Å². The Morgan fingerprint density at radius 3 is 2.70 bits per heavy atom. The Morgan fingerprint density at radius 1 is 1.22 bits per heavy atom. The zero-order chi connectivity index (χ0) is 26.4. The molecule has 5 rings (SSSR count). The Hall–Kier alpha value is -3.15. The van der Waals surface area contributed by atoms with Gasteiger partial charge in [-0.1, -0.05) is 19.1 Å². The summed E-state index contributed by atoms with van der Waals surface area (Å²) >= 11 is 0. The summed E-state index contributed by atoms with van der Waals surface area (Å²) in [6.07, 6.45) is 1.13. The van der Waals surface area contributed by atoms with Gasteiger partial charge in [0.1, 0.15) is 11.4 Å². The molecule has 0 saturated carbocycles. The lowest BCUT2D eigenvalue weighted by molar-refractivity contribution is -0.0313. The summed E-state index contributed by atoms with van der Waals surface area (Å²) in [5, 5.41) is 3.30. The minimum Gasteiger partial charge on any atom is -0.383 e. The molecule has 11 heteroatoms. The van der Waals surface area contributed by atoms with Crippen LogP contribution in [0.25, 0.3) is 22.3 Å². The van der Waals surface area contributed by atoms with Crippen molar-refractivity contribution in [2.24, 2.45) is 0 Å². The lowest BCUT2D eigenvalue weighted by Gasteiger charge is -2.47. The van der Waals surface area contributed by atoms with Crippen LogP contribution < -0.4 is 16.0 Å². The van der Waals surface area contributed by atoms with Gasteiger partial charge in [-0.05, 0) is 37.6 Å². The molecule has 10 nitrogen and oxygen atoms in total. The number of morpholine rings is 1. The minimum absolute atomic E-state index is 0.158. The van der Waals surface area contributed by atoms with E-state index in [2.05, 4.69) is 22.2 Å². The zero-order valence-corrected chi connectivity index (χ0v) is 22.3. The number of nitrogens with two attached hydrogens (primary N) is 1. The van der Waals surface area contributed by atoms with Crippen molar-refractivity contribution in [1.29, 1.82) is 0 Å². The van der Waals surface area contributed by atoms with Crippen LogP contribution >= 0.6 is 0 Å². The van der Waals surface area contributed by atoms with Gasteiger partial charge in [0.05, 0.1) is 35.7 Å². The normalized spacial score (nSPS) is 20.7. The van der Waals surface area contributed by atoms with E-state index in [4.69, 9.17) is 20.2 Å². The van der Waals surface area contributed by atoms with Crippen molar-refractivity contribution in [3.63, 3.8) is 0 Å². The predicted molar refractivity (Wildman–Crippen MR) is 146 cm³/mol. The van der Waals surface area contributed by atoms with Crippen molar-refractivity contribution in [1.82, 2.24) is 20.3 Å². The molecule has 1 amide bonds. The fourth-order valence-electron chi connectivity index (χ4n) is 4.31. The van der Waals surface area contributed by atoms with Crippen LogP contribution in [0.2, 0.25) is 0 Å². The number of hydrogen-bond donors (Lipinski definition) is 2. The van der Waals surface area contributed by atoms with E-state index in [-0.39, 0.29) is 11.5 Å². The molecule has 2 aliphatic rings. The first kappa shape index (κ1) is 26.9. The number of anilines is 2. The van der Waals surface area contributed by atoms with E-state index >= 15 is 0 Å². The number of benzene rings is 1. The number of nitrogen functional groups attached to an aromatic ring is 1. The Labute approximate surface area is 219 Å². The molecule has 4 heterocycles. The van der Waals surface area contributed by atoms with Crippen LogP contribution in [0.5, 0.6) is 0 Å². The maximum absolute atomic E-state index is 12.0. The molecule has 1 spiro atoms. The molecule has 2 aromatic heterocycles. The first-order valence-electron chi connectivity index (χ1n) is 12.5. The topological polar surface area (TPSA) is 133 Å². The molecule has 0 unspecified atom stereocenters. The van der Waals surface area contributed by atoms with Gasteiger partial charge < -0.3 is 25.4 Å². The summed E-state index contributed by atoms with van der Waals surface area (Å²) in [7, 11) is 0.783. The molecular formula is C26H34N6O4S. The van der Waals surface area contributed by atoms with Gasteiger partial charge in [0.15, 0.2) is 5.65 Å². The minimum atomic E-state index is -0.815. The van der Waals surface area contributed by atoms with Crippen LogP contribution in [0.1, 0.15) is 30.6 Å². The van der Waals surface area contributed by atoms with Gasteiger partial charge in [-0.15, -0.1) is 0 Å². The Balaban J connectivity index is 0.000000480. The first-order chi connectivity index (χ1) is 17.9. The average Bonchev–Trinajstić information content (AvgIpc) is 2.91. The molecule has 198 valence electrons. The van der Waals surface area contributed by atoms with E-state index in [1.54, 1.807) is 19.2 Å². The lowest BCUT2D eigenvalue weighted by atomic mass is 10.1. The third-order valence-corrected chi connectivity index (χ3v) is 7.85. The number of fused-ring (bicyclic) bond motifs is 1. The van der Waals surface area contributed by atoms with Gasteiger partial charge in [0.25, 0.3) is 5.91 Å². The lowest BCUT2D eigenvalue weighted by Crippen LogP contribution is -2.64. The molecule has 0 bridgehead atoms. The second kappa shape index (κ2) is 11.9. The molecule has 1 aromatic carbocycles. The van der Waals surface area contributed by atoms with Crippen molar-refractivity contribution in [3.8, 4) is 11.3 Å². The summed E-state index contributed by atoms with van der Waals surface area (Å²) < 4.78 is 22.5.